The van der Waals surface area contributed by atoms with E-state index in [1.54, 1.807) is 0 Å². The molecule has 1 saturated carbocycles. The van der Waals surface area contributed by atoms with Gasteiger partial charge < -0.3 is 11.1 Å². The molecule has 5 N–H and O–H groups in total. The van der Waals surface area contributed by atoms with Crippen LogP contribution < -0.4 is 16.2 Å². The fraction of sp³-hybridized carbons (Fsp3) is 0.571. The first-order chi connectivity index (χ1) is 9.86. The number of nitrogens with two attached hydrogens (primary N) is 2. The zero-order chi connectivity index (χ0) is 15.5. The van der Waals surface area contributed by atoms with Crippen molar-refractivity contribution in [3.8, 4) is 0 Å². The maximum absolute atomic E-state index is 13.9. The van der Waals surface area contributed by atoms with Crippen molar-refractivity contribution < 1.29 is 12.8 Å². The van der Waals surface area contributed by atoms with E-state index in [4.69, 9.17) is 10.9 Å². The molecule has 1 aromatic carbocycles. The van der Waals surface area contributed by atoms with Gasteiger partial charge in [0.1, 0.15) is 5.82 Å². The number of halogens is 1. The van der Waals surface area contributed by atoms with Crippen molar-refractivity contribution in [3.63, 3.8) is 0 Å². The number of anilines is 1. The third kappa shape index (κ3) is 3.93. The molecule has 21 heavy (non-hydrogen) atoms. The number of hydrogen-bond donors (Lipinski definition) is 3. The highest BCUT2D eigenvalue weighted by Gasteiger charge is 2.30. The molecule has 0 atom stereocenters. The molecule has 0 unspecified atom stereocenters. The van der Waals surface area contributed by atoms with Gasteiger partial charge in [0, 0.05) is 6.54 Å². The molecule has 0 bridgehead atoms. The summed E-state index contributed by atoms with van der Waals surface area (Å²) in [7, 11) is -3.88. The summed E-state index contributed by atoms with van der Waals surface area (Å²) < 4.78 is 36.3. The second kappa shape index (κ2) is 6.29. The van der Waals surface area contributed by atoms with Crippen molar-refractivity contribution in [1.82, 2.24) is 0 Å². The molecule has 1 fully saturated rings. The Balaban J connectivity index is 2.09. The highest BCUT2D eigenvalue weighted by Crippen LogP contribution is 2.35. The van der Waals surface area contributed by atoms with Gasteiger partial charge in [0.2, 0.25) is 10.0 Å². The molecule has 0 saturated heterocycles. The number of sulfonamides is 1. The predicted octanol–water partition coefficient (Wildman–Crippen LogP) is 1.79. The summed E-state index contributed by atoms with van der Waals surface area (Å²) in [6.07, 6.45) is 5.58. The number of rotatable bonds is 5. The Bertz CT molecular complexity index is 598. The fourth-order valence-corrected chi connectivity index (χ4v) is 3.38. The quantitative estimate of drug-likeness (QED) is 0.771. The van der Waals surface area contributed by atoms with Crippen molar-refractivity contribution >= 4 is 15.7 Å². The van der Waals surface area contributed by atoms with Crippen LogP contribution in [0.4, 0.5) is 10.1 Å². The van der Waals surface area contributed by atoms with Gasteiger partial charge in [-0.3, -0.25) is 0 Å². The van der Waals surface area contributed by atoms with Gasteiger partial charge in [-0.25, -0.2) is 17.9 Å². The Labute approximate surface area is 125 Å². The van der Waals surface area contributed by atoms with Gasteiger partial charge in [-0.2, -0.15) is 0 Å². The third-order valence-electron chi connectivity index (χ3n) is 4.27. The van der Waals surface area contributed by atoms with E-state index in [0.717, 1.165) is 31.7 Å². The molecule has 0 amide bonds. The van der Waals surface area contributed by atoms with E-state index in [9.17, 15) is 12.8 Å². The standard InChI is InChI=1S/C14H22FN3O2S/c15-12-8-11(21(17,19)20)4-5-13(12)18-10-14(9-16)6-2-1-3-7-14/h4-5,8,18H,1-3,6-7,9-10,16H2,(H2,17,19,20). The highest BCUT2D eigenvalue weighted by atomic mass is 32.2. The van der Waals surface area contributed by atoms with E-state index in [0.29, 0.717) is 13.1 Å². The smallest absolute Gasteiger partial charge is 0.238 e. The van der Waals surface area contributed by atoms with E-state index >= 15 is 0 Å². The van der Waals surface area contributed by atoms with Crippen LogP contribution >= 0.6 is 0 Å². The Hall–Kier alpha value is -1.18. The van der Waals surface area contributed by atoms with Crippen molar-refractivity contribution in [2.75, 3.05) is 18.4 Å². The lowest BCUT2D eigenvalue weighted by Gasteiger charge is -2.36. The van der Waals surface area contributed by atoms with Crippen LogP contribution in [-0.4, -0.2) is 21.5 Å². The van der Waals surface area contributed by atoms with Crippen LogP contribution in [0.5, 0.6) is 0 Å². The van der Waals surface area contributed by atoms with Gasteiger partial charge in [-0.05, 0) is 43.0 Å². The van der Waals surface area contributed by atoms with Gasteiger partial charge in [0.15, 0.2) is 0 Å². The SMILES string of the molecule is NCC1(CNc2ccc(S(N)(=O)=O)cc2F)CCCCC1. The van der Waals surface area contributed by atoms with E-state index in [2.05, 4.69) is 5.32 Å². The molecule has 118 valence electrons. The monoisotopic (exact) mass is 315 g/mol. The summed E-state index contributed by atoms with van der Waals surface area (Å²) in [4.78, 5) is -0.225. The molecule has 0 aliphatic heterocycles. The molecule has 5 nitrogen and oxygen atoms in total. The average molecular weight is 315 g/mol. The number of nitrogens with one attached hydrogen (secondary N) is 1. The minimum Gasteiger partial charge on any atom is -0.382 e. The van der Waals surface area contributed by atoms with Gasteiger partial charge in [-0.1, -0.05) is 19.3 Å². The first-order valence-electron chi connectivity index (χ1n) is 7.13. The Morgan fingerprint density at radius 3 is 2.43 bits per heavy atom. The van der Waals surface area contributed by atoms with Crippen molar-refractivity contribution in [3.05, 3.63) is 24.0 Å². The zero-order valence-corrected chi connectivity index (χ0v) is 12.8. The maximum atomic E-state index is 13.9. The van der Waals surface area contributed by atoms with Crippen LogP contribution in [-0.2, 0) is 10.0 Å². The summed E-state index contributed by atoms with van der Waals surface area (Å²) in [5.41, 5.74) is 6.17. The average Bonchev–Trinajstić information content (AvgIpc) is 2.46. The minimum atomic E-state index is -3.88. The van der Waals surface area contributed by atoms with Crippen LogP contribution in [0.2, 0.25) is 0 Å². The summed E-state index contributed by atoms with van der Waals surface area (Å²) >= 11 is 0. The number of hydrogen-bond acceptors (Lipinski definition) is 4. The zero-order valence-electron chi connectivity index (χ0n) is 11.9. The highest BCUT2D eigenvalue weighted by molar-refractivity contribution is 7.89. The van der Waals surface area contributed by atoms with Crippen LogP contribution in [0.3, 0.4) is 0 Å². The van der Waals surface area contributed by atoms with Crippen LogP contribution in [0, 0.1) is 11.2 Å². The first-order valence-corrected chi connectivity index (χ1v) is 8.67. The summed E-state index contributed by atoms with van der Waals surface area (Å²) in [5, 5.41) is 8.04. The van der Waals surface area contributed by atoms with Gasteiger partial charge in [0.25, 0.3) is 0 Å². The van der Waals surface area contributed by atoms with Crippen molar-refractivity contribution in [2.45, 2.75) is 37.0 Å². The first kappa shape index (κ1) is 16.2. The summed E-state index contributed by atoms with van der Waals surface area (Å²) in [6.45, 7) is 1.16. The molecular weight excluding hydrogens is 293 g/mol. The van der Waals surface area contributed by atoms with E-state index < -0.39 is 15.8 Å². The summed E-state index contributed by atoms with van der Waals surface area (Å²) in [5.74, 6) is -0.621. The lowest BCUT2D eigenvalue weighted by molar-refractivity contribution is 0.215. The van der Waals surface area contributed by atoms with Gasteiger partial charge in [-0.15, -0.1) is 0 Å². The largest absolute Gasteiger partial charge is 0.382 e. The lowest BCUT2D eigenvalue weighted by Crippen LogP contribution is -2.39. The molecule has 1 aromatic rings. The predicted molar refractivity (Wildman–Crippen MR) is 80.8 cm³/mol. The van der Waals surface area contributed by atoms with E-state index in [1.807, 2.05) is 0 Å². The molecule has 1 aliphatic carbocycles. The Morgan fingerprint density at radius 1 is 1.24 bits per heavy atom. The van der Waals surface area contributed by atoms with E-state index in [1.165, 1.54) is 18.6 Å². The van der Waals surface area contributed by atoms with Crippen molar-refractivity contribution in [1.29, 1.82) is 0 Å². The molecule has 0 spiro atoms. The Kier molecular flexibility index (Phi) is 4.85. The second-order valence-corrected chi connectivity index (χ2v) is 7.37. The number of primary sulfonamides is 1. The Morgan fingerprint density at radius 2 is 1.90 bits per heavy atom. The van der Waals surface area contributed by atoms with Crippen molar-refractivity contribution in [2.24, 2.45) is 16.3 Å². The second-order valence-electron chi connectivity index (χ2n) is 5.80. The molecule has 7 heteroatoms. The molecular formula is C14H22FN3O2S. The van der Waals surface area contributed by atoms with Gasteiger partial charge in [0.05, 0.1) is 10.6 Å². The van der Waals surface area contributed by atoms with Crippen LogP contribution in [0.25, 0.3) is 0 Å². The molecule has 1 aliphatic rings. The maximum Gasteiger partial charge on any atom is 0.238 e. The fourth-order valence-electron chi connectivity index (χ4n) is 2.85. The summed E-state index contributed by atoms with van der Waals surface area (Å²) in [6, 6.07) is 3.65. The molecule has 0 aromatic heterocycles. The van der Waals surface area contributed by atoms with Crippen LogP contribution in [0.15, 0.2) is 23.1 Å². The topological polar surface area (TPSA) is 98.2 Å². The number of benzene rings is 1. The van der Waals surface area contributed by atoms with Crippen LogP contribution in [0.1, 0.15) is 32.1 Å². The van der Waals surface area contributed by atoms with Gasteiger partial charge >= 0.3 is 0 Å². The third-order valence-corrected chi connectivity index (χ3v) is 5.18. The normalized spacial score (nSPS) is 18.4. The molecule has 0 radical (unpaired) electrons. The lowest BCUT2D eigenvalue weighted by atomic mass is 9.74. The van der Waals surface area contributed by atoms with E-state index in [-0.39, 0.29) is 16.0 Å². The molecule has 2 rings (SSSR count). The minimum absolute atomic E-state index is 0.00328. The molecule has 0 heterocycles.